The average Bonchev–Trinajstić information content (AvgIpc) is 2.97. The van der Waals surface area contributed by atoms with Crippen LogP contribution in [0.4, 0.5) is 5.69 Å². The molecule has 0 saturated heterocycles. The summed E-state index contributed by atoms with van der Waals surface area (Å²) in [5.41, 5.74) is 1.70. The number of halogens is 1. The molecule has 0 radical (unpaired) electrons. The van der Waals surface area contributed by atoms with E-state index in [-0.39, 0.29) is 29.0 Å². The van der Waals surface area contributed by atoms with Gasteiger partial charge >= 0.3 is 0 Å². The molecule has 1 N–H and O–H groups in total. The average molecular weight is 616 g/mol. The lowest BCUT2D eigenvalue weighted by atomic mass is 10.1. The first-order chi connectivity index (χ1) is 19.9. The van der Waals surface area contributed by atoms with E-state index in [1.165, 1.54) is 43.4 Å². The Balaban J connectivity index is 2.08. The molecule has 9 nitrogen and oxygen atoms in total. The highest BCUT2D eigenvalue weighted by molar-refractivity contribution is 7.92. The Kier molecular flexibility index (Phi) is 11.2. The highest BCUT2D eigenvalue weighted by Gasteiger charge is 2.33. The summed E-state index contributed by atoms with van der Waals surface area (Å²) >= 11 is 6.42. The predicted octanol–water partition coefficient (Wildman–Crippen LogP) is 5.05. The second-order valence-corrected chi connectivity index (χ2v) is 12.6. The Hall–Kier alpha value is -3.76. The Morgan fingerprint density at radius 3 is 2.17 bits per heavy atom. The molecule has 0 bridgehead atoms. The van der Waals surface area contributed by atoms with Crippen molar-refractivity contribution in [2.24, 2.45) is 5.92 Å². The molecule has 2 amide bonds. The van der Waals surface area contributed by atoms with Crippen molar-refractivity contribution in [3.8, 4) is 11.5 Å². The molecule has 0 fully saturated rings. The van der Waals surface area contributed by atoms with Gasteiger partial charge in [-0.1, -0.05) is 61.3 Å². The summed E-state index contributed by atoms with van der Waals surface area (Å²) < 4.78 is 39.8. The molecule has 11 heteroatoms. The maximum atomic E-state index is 14.1. The Labute approximate surface area is 253 Å². The number of anilines is 1. The van der Waals surface area contributed by atoms with E-state index in [1.54, 1.807) is 49.4 Å². The number of nitrogens with one attached hydrogen (secondary N) is 1. The second-order valence-electron chi connectivity index (χ2n) is 10.3. The molecule has 226 valence electrons. The van der Waals surface area contributed by atoms with Crippen LogP contribution in [0.3, 0.4) is 0 Å². The summed E-state index contributed by atoms with van der Waals surface area (Å²) in [6, 6.07) is 17.1. The lowest BCUT2D eigenvalue weighted by Crippen LogP contribution is -2.51. The molecule has 0 aliphatic carbocycles. The molecule has 0 aliphatic heterocycles. The number of nitrogens with zero attached hydrogens (tertiary/aromatic N) is 2. The van der Waals surface area contributed by atoms with E-state index < -0.39 is 28.5 Å². The first-order valence-electron chi connectivity index (χ1n) is 13.5. The Bertz CT molecular complexity index is 1490. The molecule has 1 atom stereocenters. The number of methoxy groups -OCH3 is 2. The number of sulfonamides is 1. The number of rotatable bonds is 13. The van der Waals surface area contributed by atoms with Crippen molar-refractivity contribution in [2.75, 3.05) is 31.6 Å². The number of benzene rings is 3. The van der Waals surface area contributed by atoms with E-state index in [2.05, 4.69) is 5.32 Å². The van der Waals surface area contributed by atoms with Gasteiger partial charge in [-0.25, -0.2) is 8.42 Å². The highest BCUT2D eigenvalue weighted by Crippen LogP contribution is 2.34. The van der Waals surface area contributed by atoms with Gasteiger partial charge in [-0.3, -0.25) is 13.9 Å². The third kappa shape index (κ3) is 7.95. The third-order valence-corrected chi connectivity index (χ3v) is 8.85. The lowest BCUT2D eigenvalue weighted by molar-refractivity contribution is -0.139. The Morgan fingerprint density at radius 1 is 0.929 bits per heavy atom. The van der Waals surface area contributed by atoms with E-state index >= 15 is 0 Å². The molecular weight excluding hydrogens is 578 g/mol. The minimum Gasteiger partial charge on any atom is -0.493 e. The third-order valence-electron chi connectivity index (χ3n) is 6.69. The van der Waals surface area contributed by atoms with Crippen molar-refractivity contribution in [3.63, 3.8) is 0 Å². The maximum absolute atomic E-state index is 14.1. The quantitative estimate of drug-likeness (QED) is 0.289. The van der Waals surface area contributed by atoms with Crippen LogP contribution in [0.25, 0.3) is 0 Å². The van der Waals surface area contributed by atoms with Crippen molar-refractivity contribution in [1.82, 2.24) is 10.2 Å². The van der Waals surface area contributed by atoms with Crippen molar-refractivity contribution in [1.29, 1.82) is 0 Å². The van der Waals surface area contributed by atoms with E-state index in [1.807, 2.05) is 20.8 Å². The van der Waals surface area contributed by atoms with Crippen molar-refractivity contribution in [2.45, 2.75) is 45.2 Å². The molecule has 42 heavy (non-hydrogen) atoms. The van der Waals surface area contributed by atoms with Gasteiger partial charge in [-0.05, 0) is 55.7 Å². The second kappa shape index (κ2) is 14.4. The number of hydrogen-bond acceptors (Lipinski definition) is 6. The summed E-state index contributed by atoms with van der Waals surface area (Å²) in [7, 11) is -1.32. The van der Waals surface area contributed by atoms with Crippen molar-refractivity contribution < 1.29 is 27.5 Å². The van der Waals surface area contributed by atoms with Crippen LogP contribution in [0.1, 0.15) is 31.9 Å². The zero-order valence-corrected chi connectivity index (χ0v) is 26.3. The highest BCUT2D eigenvalue weighted by atomic mass is 35.5. The zero-order valence-electron chi connectivity index (χ0n) is 24.8. The molecule has 0 unspecified atom stereocenters. The first kappa shape index (κ1) is 32.8. The van der Waals surface area contributed by atoms with E-state index in [0.29, 0.717) is 28.6 Å². The number of amides is 2. The van der Waals surface area contributed by atoms with E-state index in [9.17, 15) is 18.0 Å². The van der Waals surface area contributed by atoms with Gasteiger partial charge in [-0.2, -0.15) is 0 Å². The topological polar surface area (TPSA) is 105 Å². The fraction of sp³-hybridized carbons (Fsp3) is 0.355. The largest absolute Gasteiger partial charge is 0.493 e. The summed E-state index contributed by atoms with van der Waals surface area (Å²) in [6.45, 7) is 7.24. The van der Waals surface area contributed by atoms with Gasteiger partial charge < -0.3 is 19.7 Å². The molecule has 0 aromatic heterocycles. The summed E-state index contributed by atoms with van der Waals surface area (Å²) in [4.78, 5) is 28.6. The van der Waals surface area contributed by atoms with Crippen molar-refractivity contribution >= 4 is 39.1 Å². The predicted molar refractivity (Wildman–Crippen MR) is 165 cm³/mol. The van der Waals surface area contributed by atoms with Gasteiger partial charge in [0.1, 0.15) is 12.6 Å². The molecular formula is C31H38ClN3O6S. The minimum atomic E-state index is -4.23. The van der Waals surface area contributed by atoms with Gasteiger partial charge in [0.05, 0.1) is 24.8 Å². The lowest BCUT2D eigenvalue weighted by Gasteiger charge is -2.32. The van der Waals surface area contributed by atoms with E-state index in [4.69, 9.17) is 21.1 Å². The number of aryl methyl sites for hydroxylation is 1. The number of carbonyl (C=O) groups is 2. The van der Waals surface area contributed by atoms with Gasteiger partial charge in [-0.15, -0.1) is 0 Å². The van der Waals surface area contributed by atoms with Crippen LogP contribution >= 0.6 is 11.6 Å². The Morgan fingerprint density at radius 2 is 1.57 bits per heavy atom. The minimum absolute atomic E-state index is 0.000868. The fourth-order valence-corrected chi connectivity index (χ4v) is 5.79. The molecule has 0 spiro atoms. The standard InChI is InChI=1S/C31H38ClN3O6S/c1-21(2)18-33-31(37)23(4)34(19-24-9-7-8-10-27(24)32)30(36)20-35(25-13-16-28(40-5)29(17-25)41-6)42(38,39)26-14-11-22(3)12-15-26/h7-17,21,23H,18-20H2,1-6H3,(H,33,37)/t23-/m1/s1. The number of hydrogen-bond donors (Lipinski definition) is 1. The fourth-order valence-electron chi connectivity index (χ4n) is 4.19. The maximum Gasteiger partial charge on any atom is 0.264 e. The zero-order chi connectivity index (χ0) is 31.0. The van der Waals surface area contributed by atoms with Gasteiger partial charge in [0.2, 0.25) is 11.8 Å². The van der Waals surface area contributed by atoms with Crippen LogP contribution in [0, 0.1) is 12.8 Å². The van der Waals surface area contributed by atoms with Crippen LogP contribution in [0.2, 0.25) is 5.02 Å². The van der Waals surface area contributed by atoms with Gasteiger partial charge in [0, 0.05) is 24.2 Å². The van der Waals surface area contributed by atoms with Gasteiger partial charge in [0.15, 0.2) is 11.5 Å². The normalized spacial score (nSPS) is 12.0. The van der Waals surface area contributed by atoms with Crippen LogP contribution < -0.4 is 19.1 Å². The van der Waals surface area contributed by atoms with Crippen LogP contribution in [0.5, 0.6) is 11.5 Å². The van der Waals surface area contributed by atoms with Crippen LogP contribution in [-0.4, -0.2) is 58.5 Å². The SMILES string of the molecule is COc1ccc(N(CC(=O)N(Cc2ccccc2Cl)[C@H](C)C(=O)NCC(C)C)S(=O)(=O)c2ccc(C)cc2)cc1OC. The summed E-state index contributed by atoms with van der Waals surface area (Å²) in [6.07, 6.45) is 0. The molecule has 3 aromatic carbocycles. The molecule has 0 heterocycles. The smallest absolute Gasteiger partial charge is 0.264 e. The summed E-state index contributed by atoms with van der Waals surface area (Å²) in [5, 5.41) is 3.29. The summed E-state index contributed by atoms with van der Waals surface area (Å²) in [5.74, 6) is -0.0539. The molecule has 3 rings (SSSR count). The number of carbonyl (C=O) groups excluding carboxylic acids is 2. The molecule has 0 aliphatic rings. The number of ether oxygens (including phenoxy) is 2. The molecule has 3 aromatic rings. The van der Waals surface area contributed by atoms with Crippen LogP contribution in [-0.2, 0) is 26.2 Å². The van der Waals surface area contributed by atoms with Gasteiger partial charge in [0.25, 0.3) is 10.0 Å². The van der Waals surface area contributed by atoms with Crippen molar-refractivity contribution in [3.05, 3.63) is 82.9 Å². The van der Waals surface area contributed by atoms with Crippen LogP contribution in [0.15, 0.2) is 71.6 Å². The molecule has 0 saturated carbocycles. The monoisotopic (exact) mass is 615 g/mol. The first-order valence-corrected chi connectivity index (χ1v) is 15.3. The van der Waals surface area contributed by atoms with E-state index in [0.717, 1.165) is 9.87 Å².